The van der Waals surface area contributed by atoms with E-state index in [0.717, 1.165) is 0 Å². The molecule has 0 bridgehead atoms. The molecule has 2 aromatic carbocycles. The second-order valence-electron chi connectivity index (χ2n) is 6.22. The summed E-state index contributed by atoms with van der Waals surface area (Å²) < 4.78 is 10.9. The number of benzene rings is 2. The molecule has 2 amide bonds. The molecule has 0 aromatic heterocycles. The third kappa shape index (κ3) is 6.42. The van der Waals surface area contributed by atoms with Crippen LogP contribution >= 0.6 is 0 Å². The summed E-state index contributed by atoms with van der Waals surface area (Å²) in [4.78, 5) is 24.3. The van der Waals surface area contributed by atoms with Crippen LogP contribution in [0.5, 0.6) is 5.75 Å². The van der Waals surface area contributed by atoms with Crippen LogP contribution in [0.1, 0.15) is 31.1 Å². The van der Waals surface area contributed by atoms with Crippen molar-refractivity contribution in [1.29, 1.82) is 0 Å². The minimum atomic E-state index is -0.263. The second kappa shape index (κ2) is 10.3. The van der Waals surface area contributed by atoms with Crippen molar-refractivity contribution < 1.29 is 19.1 Å². The Balaban J connectivity index is 1.99. The van der Waals surface area contributed by atoms with Gasteiger partial charge in [0.1, 0.15) is 12.4 Å². The van der Waals surface area contributed by atoms with Crippen molar-refractivity contribution in [2.75, 3.05) is 30.5 Å². The predicted octanol–water partition coefficient (Wildman–Crippen LogP) is 3.95. The number of anilines is 2. The summed E-state index contributed by atoms with van der Waals surface area (Å²) in [5, 5.41) is 5.65. The number of amides is 2. The minimum absolute atomic E-state index is 0.0510. The molecule has 0 saturated heterocycles. The van der Waals surface area contributed by atoms with Gasteiger partial charge in [-0.25, -0.2) is 0 Å². The molecule has 2 rings (SSSR count). The molecule has 144 valence electrons. The fourth-order valence-electron chi connectivity index (χ4n) is 2.26. The van der Waals surface area contributed by atoms with Crippen molar-refractivity contribution in [3.05, 3.63) is 54.1 Å². The van der Waals surface area contributed by atoms with Gasteiger partial charge in [0.25, 0.3) is 5.91 Å². The maximum absolute atomic E-state index is 12.6. The van der Waals surface area contributed by atoms with Crippen LogP contribution in [0.25, 0.3) is 0 Å². The van der Waals surface area contributed by atoms with Crippen molar-refractivity contribution >= 4 is 23.2 Å². The molecular formula is C21H26N2O4. The quantitative estimate of drug-likeness (QED) is 0.655. The molecule has 0 aliphatic heterocycles. The van der Waals surface area contributed by atoms with Crippen LogP contribution in [-0.4, -0.2) is 31.6 Å². The first-order valence-corrected chi connectivity index (χ1v) is 9.03. The summed E-state index contributed by atoms with van der Waals surface area (Å²) in [6.45, 7) is 7.05. The molecule has 0 saturated carbocycles. The number of carbonyl (C=O) groups is 2. The average Bonchev–Trinajstić information content (AvgIpc) is 2.67. The molecule has 6 heteroatoms. The number of carbonyl (C=O) groups excluding carboxylic acids is 2. The van der Waals surface area contributed by atoms with Crippen LogP contribution < -0.4 is 15.4 Å². The van der Waals surface area contributed by atoms with Crippen LogP contribution in [0.4, 0.5) is 11.4 Å². The van der Waals surface area contributed by atoms with Gasteiger partial charge in [-0.05, 0) is 43.3 Å². The van der Waals surface area contributed by atoms with Crippen molar-refractivity contribution in [3.8, 4) is 5.75 Å². The molecule has 0 spiro atoms. The van der Waals surface area contributed by atoms with Gasteiger partial charge in [0, 0.05) is 23.9 Å². The van der Waals surface area contributed by atoms with E-state index in [2.05, 4.69) is 10.6 Å². The normalized spacial score (nSPS) is 10.5. The van der Waals surface area contributed by atoms with Crippen LogP contribution in [-0.2, 0) is 9.53 Å². The Hall–Kier alpha value is -2.86. The third-order valence-corrected chi connectivity index (χ3v) is 3.76. The smallest absolute Gasteiger partial charge is 0.259 e. The van der Waals surface area contributed by atoms with E-state index in [-0.39, 0.29) is 17.7 Å². The van der Waals surface area contributed by atoms with Gasteiger partial charge in [0.15, 0.2) is 0 Å². The van der Waals surface area contributed by atoms with E-state index in [0.29, 0.717) is 42.5 Å². The van der Waals surface area contributed by atoms with Gasteiger partial charge in [-0.1, -0.05) is 26.0 Å². The van der Waals surface area contributed by atoms with E-state index in [4.69, 9.17) is 9.47 Å². The Morgan fingerprint density at radius 2 is 1.56 bits per heavy atom. The lowest BCUT2D eigenvalue weighted by molar-refractivity contribution is -0.118. The number of para-hydroxylation sites is 1. The van der Waals surface area contributed by atoms with E-state index in [1.165, 1.54) is 0 Å². The Morgan fingerprint density at radius 3 is 2.19 bits per heavy atom. The first-order chi connectivity index (χ1) is 13.0. The van der Waals surface area contributed by atoms with Crippen molar-refractivity contribution in [3.63, 3.8) is 0 Å². The first kappa shape index (κ1) is 20.5. The standard InChI is InChI=1S/C21H26N2O4/c1-4-26-13-14-27-19-8-6-5-7-18(19)21(25)23-17-11-9-16(10-12-17)22-20(24)15(2)3/h5-12,15H,4,13-14H2,1-3H3,(H,22,24)(H,23,25). The largest absolute Gasteiger partial charge is 0.490 e. The van der Waals surface area contributed by atoms with Gasteiger partial charge in [-0.3, -0.25) is 9.59 Å². The van der Waals surface area contributed by atoms with Crippen LogP contribution in [0, 0.1) is 5.92 Å². The molecule has 6 nitrogen and oxygen atoms in total. The molecule has 0 aliphatic carbocycles. The van der Waals surface area contributed by atoms with Gasteiger partial charge in [-0.2, -0.15) is 0 Å². The van der Waals surface area contributed by atoms with E-state index in [1.807, 2.05) is 26.8 Å². The molecule has 0 atom stereocenters. The van der Waals surface area contributed by atoms with E-state index < -0.39 is 0 Å². The number of nitrogens with one attached hydrogen (secondary N) is 2. The topological polar surface area (TPSA) is 76.7 Å². The highest BCUT2D eigenvalue weighted by Gasteiger charge is 2.13. The summed E-state index contributed by atoms with van der Waals surface area (Å²) in [6.07, 6.45) is 0. The number of hydrogen-bond acceptors (Lipinski definition) is 4. The van der Waals surface area contributed by atoms with Gasteiger partial charge < -0.3 is 20.1 Å². The summed E-state index contributed by atoms with van der Waals surface area (Å²) in [6, 6.07) is 14.1. The SMILES string of the molecule is CCOCCOc1ccccc1C(=O)Nc1ccc(NC(=O)C(C)C)cc1. The Bertz CT molecular complexity index is 757. The average molecular weight is 370 g/mol. The highest BCUT2D eigenvalue weighted by Crippen LogP contribution is 2.21. The summed E-state index contributed by atoms with van der Waals surface area (Å²) >= 11 is 0. The monoisotopic (exact) mass is 370 g/mol. The maximum Gasteiger partial charge on any atom is 0.259 e. The lowest BCUT2D eigenvalue weighted by atomic mass is 10.1. The summed E-state index contributed by atoms with van der Waals surface area (Å²) in [5.74, 6) is 0.102. The molecule has 2 N–H and O–H groups in total. The van der Waals surface area contributed by atoms with E-state index in [9.17, 15) is 9.59 Å². The fourth-order valence-corrected chi connectivity index (χ4v) is 2.26. The lowest BCUT2D eigenvalue weighted by Crippen LogP contribution is -2.18. The summed E-state index contributed by atoms with van der Waals surface area (Å²) in [5.41, 5.74) is 1.77. The molecule has 27 heavy (non-hydrogen) atoms. The van der Waals surface area contributed by atoms with Gasteiger partial charge >= 0.3 is 0 Å². The lowest BCUT2D eigenvalue weighted by Gasteiger charge is -2.12. The number of ether oxygens (including phenoxy) is 2. The second-order valence-corrected chi connectivity index (χ2v) is 6.22. The summed E-state index contributed by atoms with van der Waals surface area (Å²) in [7, 11) is 0. The highest BCUT2D eigenvalue weighted by molar-refractivity contribution is 6.06. The maximum atomic E-state index is 12.6. The zero-order chi connectivity index (χ0) is 19.6. The van der Waals surface area contributed by atoms with Gasteiger partial charge in [-0.15, -0.1) is 0 Å². The van der Waals surface area contributed by atoms with Crippen molar-refractivity contribution in [1.82, 2.24) is 0 Å². The molecule has 0 radical (unpaired) electrons. The van der Waals surface area contributed by atoms with Crippen molar-refractivity contribution in [2.45, 2.75) is 20.8 Å². The third-order valence-electron chi connectivity index (χ3n) is 3.76. The molecule has 0 aliphatic rings. The molecule has 0 fully saturated rings. The van der Waals surface area contributed by atoms with Crippen LogP contribution in [0.15, 0.2) is 48.5 Å². The fraction of sp³-hybridized carbons (Fsp3) is 0.333. The highest BCUT2D eigenvalue weighted by atomic mass is 16.5. The van der Waals surface area contributed by atoms with E-state index in [1.54, 1.807) is 42.5 Å². The molecular weight excluding hydrogens is 344 g/mol. The van der Waals surface area contributed by atoms with Gasteiger partial charge in [0.2, 0.25) is 5.91 Å². The van der Waals surface area contributed by atoms with E-state index >= 15 is 0 Å². The molecule has 2 aromatic rings. The predicted molar refractivity (Wildman–Crippen MR) is 106 cm³/mol. The molecule has 0 heterocycles. The number of rotatable bonds is 9. The first-order valence-electron chi connectivity index (χ1n) is 9.03. The Morgan fingerprint density at radius 1 is 0.926 bits per heavy atom. The zero-order valence-corrected chi connectivity index (χ0v) is 16.0. The minimum Gasteiger partial charge on any atom is -0.490 e. The van der Waals surface area contributed by atoms with Crippen LogP contribution in [0.3, 0.4) is 0 Å². The zero-order valence-electron chi connectivity index (χ0n) is 16.0. The molecule has 0 unspecified atom stereocenters. The van der Waals surface area contributed by atoms with Crippen LogP contribution in [0.2, 0.25) is 0 Å². The Kier molecular flexibility index (Phi) is 7.82. The van der Waals surface area contributed by atoms with Crippen molar-refractivity contribution in [2.24, 2.45) is 5.92 Å². The van der Waals surface area contributed by atoms with Gasteiger partial charge in [0.05, 0.1) is 12.2 Å². The number of hydrogen-bond donors (Lipinski definition) is 2. The Labute approximate surface area is 159 Å².